The number of anilines is 1. The van der Waals surface area contributed by atoms with E-state index in [4.69, 9.17) is 16.0 Å². The summed E-state index contributed by atoms with van der Waals surface area (Å²) in [6, 6.07) is 13.6. The van der Waals surface area contributed by atoms with Crippen LogP contribution in [0.5, 0.6) is 0 Å². The van der Waals surface area contributed by atoms with Crippen LogP contribution in [-0.4, -0.2) is 16.3 Å². The van der Waals surface area contributed by atoms with Crippen LogP contribution in [0, 0.1) is 24.0 Å². The zero-order valence-electron chi connectivity index (χ0n) is 16.6. The van der Waals surface area contributed by atoms with Gasteiger partial charge in [0.2, 0.25) is 0 Å². The number of halogens is 1. The molecule has 2 heterocycles. The highest BCUT2D eigenvalue weighted by atomic mass is 35.5. The molecule has 31 heavy (non-hydrogen) atoms. The molecule has 0 spiro atoms. The fourth-order valence-corrected chi connectivity index (χ4v) is 4.37. The average Bonchev–Trinajstić information content (AvgIpc) is 3.31. The van der Waals surface area contributed by atoms with Crippen molar-refractivity contribution in [3.63, 3.8) is 0 Å². The molecule has 0 saturated carbocycles. The van der Waals surface area contributed by atoms with Gasteiger partial charge in [0.1, 0.15) is 11.5 Å². The second-order valence-corrected chi connectivity index (χ2v) is 8.63. The minimum atomic E-state index is -0.441. The van der Waals surface area contributed by atoms with Crippen molar-refractivity contribution in [1.82, 2.24) is 5.32 Å². The molecule has 0 bridgehead atoms. The number of nitrogens with zero attached hydrogens (tertiary/aromatic N) is 1. The number of carbonyl (C=O) groups excluding carboxylic acids is 1. The van der Waals surface area contributed by atoms with Gasteiger partial charge in [0.05, 0.1) is 9.83 Å². The normalized spacial score (nSPS) is 17.1. The summed E-state index contributed by atoms with van der Waals surface area (Å²) in [5.74, 6) is 0.781. The van der Waals surface area contributed by atoms with Gasteiger partial charge in [0, 0.05) is 34.5 Å². The summed E-state index contributed by atoms with van der Waals surface area (Å²) >= 11 is 7.34. The summed E-state index contributed by atoms with van der Waals surface area (Å²) in [5.41, 5.74) is 3.02. The second-order valence-electron chi connectivity index (χ2n) is 7.04. The van der Waals surface area contributed by atoms with Gasteiger partial charge in [-0.25, -0.2) is 0 Å². The van der Waals surface area contributed by atoms with E-state index in [1.165, 1.54) is 23.9 Å². The van der Waals surface area contributed by atoms with E-state index < -0.39 is 4.92 Å². The molecule has 1 unspecified atom stereocenters. The first kappa shape index (κ1) is 21.0. The van der Waals surface area contributed by atoms with Gasteiger partial charge in [-0.2, -0.15) is 0 Å². The molecule has 0 aliphatic carbocycles. The molecule has 1 aliphatic rings. The van der Waals surface area contributed by atoms with Crippen LogP contribution < -0.4 is 10.6 Å². The number of hydrogen-bond acceptors (Lipinski definition) is 6. The Kier molecular flexibility index (Phi) is 5.75. The summed E-state index contributed by atoms with van der Waals surface area (Å²) in [7, 11) is 0. The predicted molar refractivity (Wildman–Crippen MR) is 123 cm³/mol. The Morgan fingerprint density at radius 2 is 1.97 bits per heavy atom. The molecule has 7 nitrogen and oxygen atoms in total. The Bertz CT molecular complexity index is 1220. The number of nitrogens with one attached hydrogen (secondary N) is 2. The van der Waals surface area contributed by atoms with E-state index in [-0.39, 0.29) is 17.1 Å². The number of aryl methyl sites for hydroxylation is 2. The van der Waals surface area contributed by atoms with E-state index in [0.29, 0.717) is 27.0 Å². The number of rotatable bonds is 5. The topological polar surface area (TPSA) is 97.4 Å². The molecule has 3 aromatic rings. The third-order valence-electron chi connectivity index (χ3n) is 4.80. The maximum absolute atomic E-state index is 12.4. The molecule has 158 valence electrons. The van der Waals surface area contributed by atoms with E-state index in [1.54, 1.807) is 30.3 Å². The molecule has 1 atom stereocenters. The van der Waals surface area contributed by atoms with E-state index >= 15 is 0 Å². The average molecular weight is 456 g/mol. The Morgan fingerprint density at radius 1 is 1.16 bits per heavy atom. The molecule has 1 aromatic heterocycles. The summed E-state index contributed by atoms with van der Waals surface area (Å²) < 4.78 is 5.85. The zero-order chi connectivity index (χ0) is 22.1. The number of carbonyl (C=O) groups is 1. The molecule has 2 aromatic carbocycles. The number of benzene rings is 2. The number of hydrogen-bond donors (Lipinski definition) is 2. The SMILES string of the molecule is Cc1cc(Cl)ccc1NC1NC(=O)/C(=C/c2ccc(-c3cc([N+](=O)[O-])ccc3C)o2)S1. The van der Waals surface area contributed by atoms with Crippen molar-refractivity contribution in [3.05, 3.63) is 85.5 Å². The molecule has 0 radical (unpaired) electrons. The fourth-order valence-electron chi connectivity index (χ4n) is 3.19. The first-order valence-electron chi connectivity index (χ1n) is 9.37. The lowest BCUT2D eigenvalue weighted by Crippen LogP contribution is -2.31. The van der Waals surface area contributed by atoms with E-state index in [2.05, 4.69) is 10.6 Å². The van der Waals surface area contributed by atoms with Crippen molar-refractivity contribution in [1.29, 1.82) is 0 Å². The molecule has 4 rings (SSSR count). The van der Waals surface area contributed by atoms with Gasteiger partial charge in [-0.3, -0.25) is 14.9 Å². The fraction of sp³-hybridized carbons (Fsp3) is 0.136. The van der Waals surface area contributed by atoms with Gasteiger partial charge in [-0.1, -0.05) is 29.4 Å². The van der Waals surface area contributed by atoms with Crippen LogP contribution >= 0.6 is 23.4 Å². The summed E-state index contributed by atoms with van der Waals surface area (Å²) in [5, 5.41) is 17.9. The van der Waals surface area contributed by atoms with E-state index in [1.807, 2.05) is 26.0 Å². The predicted octanol–water partition coefficient (Wildman–Crippen LogP) is 5.72. The lowest BCUT2D eigenvalue weighted by atomic mass is 10.1. The standard InChI is InChI=1S/C22H18ClN3O4S/c1-12-3-5-15(26(28)29)10-17(12)19-8-6-16(30-19)11-20-21(27)25-22(31-20)24-18-7-4-14(23)9-13(18)2/h3-11,22,24H,1-2H3,(H,25,27)/b20-11-. The summed E-state index contributed by atoms with van der Waals surface area (Å²) in [4.78, 5) is 23.5. The Hall–Kier alpha value is -3.23. The van der Waals surface area contributed by atoms with Crippen LogP contribution in [0.4, 0.5) is 11.4 Å². The van der Waals surface area contributed by atoms with Gasteiger partial charge in [0.15, 0.2) is 5.50 Å². The number of thioether (sulfide) groups is 1. The Morgan fingerprint density at radius 3 is 2.71 bits per heavy atom. The van der Waals surface area contributed by atoms with E-state index in [0.717, 1.165) is 16.8 Å². The largest absolute Gasteiger partial charge is 0.457 e. The number of amides is 1. The molecule has 1 aliphatic heterocycles. The maximum Gasteiger partial charge on any atom is 0.270 e. The Labute approximate surface area is 187 Å². The zero-order valence-corrected chi connectivity index (χ0v) is 18.2. The monoisotopic (exact) mass is 455 g/mol. The van der Waals surface area contributed by atoms with Crippen molar-refractivity contribution < 1.29 is 14.1 Å². The number of nitro groups is 1. The summed E-state index contributed by atoms with van der Waals surface area (Å²) in [6.07, 6.45) is 1.66. The number of nitro benzene ring substituents is 1. The van der Waals surface area contributed by atoms with Crippen LogP contribution in [0.2, 0.25) is 5.02 Å². The van der Waals surface area contributed by atoms with Gasteiger partial charge in [-0.15, -0.1) is 0 Å². The lowest BCUT2D eigenvalue weighted by molar-refractivity contribution is -0.384. The minimum absolute atomic E-state index is 0.00552. The number of furan rings is 1. The number of non-ortho nitro benzene ring substituents is 1. The molecular formula is C22H18ClN3O4S. The van der Waals surface area contributed by atoms with Crippen LogP contribution in [0.25, 0.3) is 17.4 Å². The Balaban J connectivity index is 1.52. The van der Waals surface area contributed by atoms with Crippen molar-refractivity contribution >= 4 is 46.7 Å². The third-order valence-corrected chi connectivity index (χ3v) is 6.07. The molecule has 2 N–H and O–H groups in total. The van der Waals surface area contributed by atoms with Crippen molar-refractivity contribution in [2.24, 2.45) is 0 Å². The van der Waals surface area contributed by atoms with Gasteiger partial charge in [0.25, 0.3) is 11.6 Å². The summed E-state index contributed by atoms with van der Waals surface area (Å²) in [6.45, 7) is 3.79. The first-order chi connectivity index (χ1) is 14.8. The second kappa shape index (κ2) is 8.49. The van der Waals surface area contributed by atoms with Crippen LogP contribution in [0.15, 0.2) is 57.9 Å². The highest BCUT2D eigenvalue weighted by molar-refractivity contribution is 8.05. The molecule has 1 fully saturated rings. The van der Waals surface area contributed by atoms with E-state index in [9.17, 15) is 14.9 Å². The van der Waals surface area contributed by atoms with Gasteiger partial charge in [-0.05, 0) is 55.3 Å². The van der Waals surface area contributed by atoms with Crippen molar-refractivity contribution in [3.8, 4) is 11.3 Å². The van der Waals surface area contributed by atoms with Crippen molar-refractivity contribution in [2.75, 3.05) is 5.32 Å². The van der Waals surface area contributed by atoms with Crippen LogP contribution in [0.1, 0.15) is 16.9 Å². The highest BCUT2D eigenvalue weighted by Gasteiger charge is 2.28. The van der Waals surface area contributed by atoms with Crippen LogP contribution in [-0.2, 0) is 4.79 Å². The maximum atomic E-state index is 12.4. The molecule has 9 heteroatoms. The molecule has 1 amide bonds. The van der Waals surface area contributed by atoms with Gasteiger partial charge >= 0.3 is 0 Å². The van der Waals surface area contributed by atoms with Crippen LogP contribution in [0.3, 0.4) is 0 Å². The smallest absolute Gasteiger partial charge is 0.270 e. The van der Waals surface area contributed by atoms with Crippen molar-refractivity contribution in [2.45, 2.75) is 19.3 Å². The first-order valence-corrected chi connectivity index (χ1v) is 10.6. The third kappa shape index (κ3) is 4.60. The quantitative estimate of drug-likeness (QED) is 0.290. The lowest BCUT2D eigenvalue weighted by Gasteiger charge is -2.14. The molecule has 1 saturated heterocycles. The highest BCUT2D eigenvalue weighted by Crippen LogP contribution is 2.34. The minimum Gasteiger partial charge on any atom is -0.457 e. The van der Waals surface area contributed by atoms with Gasteiger partial charge < -0.3 is 15.1 Å². The molecular weight excluding hydrogens is 438 g/mol.